The molecule has 30 heavy (non-hydrogen) atoms. The number of nitrogens with zero attached hydrogens (tertiary/aromatic N) is 2. The fraction of sp³-hybridized carbons (Fsp3) is 0.150. The number of carbonyl (C=O) groups excluding carboxylic acids is 1. The Hall–Kier alpha value is -3.66. The summed E-state index contributed by atoms with van der Waals surface area (Å²) in [6.07, 6.45) is 1.07. The van der Waals surface area contributed by atoms with Gasteiger partial charge in [-0.05, 0) is 37.3 Å². The van der Waals surface area contributed by atoms with Gasteiger partial charge >= 0.3 is 6.01 Å². The summed E-state index contributed by atoms with van der Waals surface area (Å²) in [5.74, 6) is 0.414. The average Bonchev–Trinajstić information content (AvgIpc) is 3.35. The van der Waals surface area contributed by atoms with Gasteiger partial charge in [0.15, 0.2) is 26.9 Å². The number of hydrogen-bond donors (Lipinski definition) is 1. The van der Waals surface area contributed by atoms with Gasteiger partial charge in [0, 0.05) is 17.2 Å². The van der Waals surface area contributed by atoms with Gasteiger partial charge in [-0.25, -0.2) is 8.42 Å². The van der Waals surface area contributed by atoms with Gasteiger partial charge in [0.1, 0.15) is 0 Å². The van der Waals surface area contributed by atoms with Crippen LogP contribution < -0.4 is 10.1 Å². The van der Waals surface area contributed by atoms with Crippen LogP contribution in [-0.2, 0) is 9.84 Å². The molecule has 2 heterocycles. The molecule has 0 bridgehead atoms. The third-order valence-electron chi connectivity index (χ3n) is 4.19. The van der Waals surface area contributed by atoms with Crippen molar-refractivity contribution in [3.05, 3.63) is 54.1 Å². The van der Waals surface area contributed by atoms with Gasteiger partial charge in [-0.2, -0.15) is 0 Å². The smallest absolute Gasteiger partial charge is 0.322 e. The predicted octanol–water partition coefficient (Wildman–Crippen LogP) is 3.54. The average molecular weight is 427 g/mol. The van der Waals surface area contributed by atoms with Crippen LogP contribution in [0.4, 0.5) is 6.01 Å². The van der Waals surface area contributed by atoms with Crippen molar-refractivity contribution in [2.75, 3.05) is 18.2 Å². The van der Waals surface area contributed by atoms with Crippen molar-refractivity contribution in [2.24, 2.45) is 0 Å². The molecule has 0 saturated carbocycles. The number of amides is 1. The van der Waals surface area contributed by atoms with Crippen LogP contribution in [0.25, 0.3) is 22.6 Å². The van der Waals surface area contributed by atoms with E-state index in [1.165, 1.54) is 24.3 Å². The molecule has 9 nitrogen and oxygen atoms in total. The molecule has 4 aromatic rings. The highest BCUT2D eigenvalue weighted by Gasteiger charge is 2.18. The van der Waals surface area contributed by atoms with Gasteiger partial charge in [0.05, 0.1) is 11.5 Å². The van der Waals surface area contributed by atoms with Crippen molar-refractivity contribution in [1.82, 2.24) is 10.2 Å². The van der Waals surface area contributed by atoms with Gasteiger partial charge in [-0.3, -0.25) is 10.1 Å². The number of anilines is 1. The van der Waals surface area contributed by atoms with Crippen LogP contribution in [-0.4, -0.2) is 37.4 Å². The molecule has 0 aliphatic heterocycles. The molecule has 2 aromatic heterocycles. The number of hydrogen-bond acceptors (Lipinski definition) is 8. The number of sulfone groups is 1. The molecule has 1 N–H and O–H groups in total. The van der Waals surface area contributed by atoms with E-state index in [0.29, 0.717) is 23.7 Å². The molecule has 0 fully saturated rings. The maximum atomic E-state index is 12.4. The van der Waals surface area contributed by atoms with Crippen LogP contribution >= 0.6 is 0 Å². The molecular weight excluding hydrogens is 410 g/mol. The van der Waals surface area contributed by atoms with E-state index in [0.717, 1.165) is 11.6 Å². The number of rotatable bonds is 6. The number of benzene rings is 2. The summed E-state index contributed by atoms with van der Waals surface area (Å²) in [6, 6.07) is 12.7. The predicted molar refractivity (Wildman–Crippen MR) is 108 cm³/mol. The number of ether oxygens (including phenoxy) is 1. The van der Waals surface area contributed by atoms with E-state index < -0.39 is 15.7 Å². The van der Waals surface area contributed by atoms with Crippen LogP contribution in [0.1, 0.15) is 17.3 Å². The number of furan rings is 1. The normalized spacial score (nSPS) is 11.5. The summed E-state index contributed by atoms with van der Waals surface area (Å²) in [5, 5.41) is 11.0. The lowest BCUT2D eigenvalue weighted by molar-refractivity contribution is 0.102. The van der Waals surface area contributed by atoms with Crippen LogP contribution in [0.2, 0.25) is 0 Å². The molecule has 2 aromatic carbocycles. The second-order valence-electron chi connectivity index (χ2n) is 6.38. The summed E-state index contributed by atoms with van der Waals surface area (Å²) >= 11 is 0. The van der Waals surface area contributed by atoms with E-state index in [-0.39, 0.29) is 22.4 Å². The van der Waals surface area contributed by atoms with Crippen LogP contribution in [0.3, 0.4) is 0 Å². The Bertz CT molecular complexity index is 1340. The Morgan fingerprint density at radius 2 is 1.90 bits per heavy atom. The van der Waals surface area contributed by atoms with E-state index in [1.54, 1.807) is 12.1 Å². The number of nitrogens with one attached hydrogen (secondary N) is 1. The van der Waals surface area contributed by atoms with E-state index in [2.05, 4.69) is 15.5 Å². The monoisotopic (exact) mass is 427 g/mol. The molecular formula is C20H17N3O6S. The van der Waals surface area contributed by atoms with Crippen molar-refractivity contribution in [3.63, 3.8) is 0 Å². The summed E-state index contributed by atoms with van der Waals surface area (Å²) in [6.45, 7) is 2.37. The maximum Gasteiger partial charge on any atom is 0.322 e. The first kappa shape index (κ1) is 19.6. The Morgan fingerprint density at radius 1 is 1.10 bits per heavy atom. The van der Waals surface area contributed by atoms with Crippen molar-refractivity contribution in [2.45, 2.75) is 11.8 Å². The number of para-hydroxylation sites is 1. The molecule has 4 rings (SSSR count). The fourth-order valence-electron chi connectivity index (χ4n) is 2.82. The standard InChI is InChI=1S/C20H17N3O6S/c1-3-27-15-9-5-6-12-11-16(28-17(12)15)19-22-23-20(29-19)21-18(24)13-7-4-8-14(10-13)30(2,25)26/h4-11H,3H2,1-2H3,(H,21,23,24). The lowest BCUT2D eigenvalue weighted by atomic mass is 10.2. The Balaban J connectivity index is 1.57. The molecule has 10 heteroatoms. The number of carbonyl (C=O) groups is 1. The third-order valence-corrected chi connectivity index (χ3v) is 5.30. The van der Waals surface area contributed by atoms with Crippen LogP contribution in [0.5, 0.6) is 5.75 Å². The fourth-order valence-corrected chi connectivity index (χ4v) is 3.49. The first-order valence-corrected chi connectivity index (χ1v) is 10.8. The maximum absolute atomic E-state index is 12.4. The van der Waals surface area contributed by atoms with Gasteiger partial charge in [0.25, 0.3) is 11.8 Å². The molecule has 0 aliphatic rings. The Labute approximate surface area is 171 Å². The topological polar surface area (TPSA) is 125 Å². The molecule has 0 spiro atoms. The Morgan fingerprint density at radius 3 is 2.67 bits per heavy atom. The zero-order chi connectivity index (χ0) is 21.3. The molecule has 0 unspecified atom stereocenters. The van der Waals surface area contributed by atoms with Gasteiger partial charge < -0.3 is 13.6 Å². The molecule has 154 valence electrons. The highest BCUT2D eigenvalue weighted by molar-refractivity contribution is 7.90. The number of fused-ring (bicyclic) bond motifs is 1. The first-order valence-electron chi connectivity index (χ1n) is 8.96. The molecule has 0 saturated heterocycles. The lowest BCUT2D eigenvalue weighted by Gasteiger charge is -2.03. The zero-order valence-electron chi connectivity index (χ0n) is 16.1. The second kappa shape index (κ2) is 7.64. The van der Waals surface area contributed by atoms with Crippen molar-refractivity contribution >= 4 is 32.7 Å². The van der Waals surface area contributed by atoms with Crippen molar-refractivity contribution in [3.8, 4) is 17.4 Å². The van der Waals surface area contributed by atoms with Gasteiger partial charge in [-0.15, -0.1) is 5.10 Å². The van der Waals surface area contributed by atoms with Gasteiger partial charge in [0.2, 0.25) is 0 Å². The molecule has 0 aliphatic carbocycles. The third kappa shape index (κ3) is 3.90. The summed E-state index contributed by atoms with van der Waals surface area (Å²) in [7, 11) is -3.44. The van der Waals surface area contributed by atoms with Crippen molar-refractivity contribution < 1.29 is 26.8 Å². The summed E-state index contributed by atoms with van der Waals surface area (Å²) in [5.41, 5.74) is 0.693. The quantitative estimate of drug-likeness (QED) is 0.495. The summed E-state index contributed by atoms with van der Waals surface area (Å²) < 4.78 is 40.2. The Kier molecular flexibility index (Phi) is 5.00. The molecule has 0 atom stereocenters. The van der Waals surface area contributed by atoms with Gasteiger partial charge in [-0.1, -0.05) is 23.3 Å². The SMILES string of the molecule is CCOc1cccc2cc(-c3nnc(NC(=O)c4cccc(S(C)(=O)=O)c4)o3)oc12. The van der Waals surface area contributed by atoms with E-state index >= 15 is 0 Å². The molecule has 1 amide bonds. The first-order chi connectivity index (χ1) is 14.3. The van der Waals surface area contributed by atoms with E-state index in [1.807, 2.05) is 19.1 Å². The minimum Gasteiger partial charge on any atom is -0.490 e. The minimum absolute atomic E-state index is 0.0359. The summed E-state index contributed by atoms with van der Waals surface area (Å²) in [4.78, 5) is 12.5. The number of aromatic nitrogens is 2. The zero-order valence-corrected chi connectivity index (χ0v) is 16.9. The largest absolute Gasteiger partial charge is 0.490 e. The minimum atomic E-state index is -3.44. The lowest BCUT2D eigenvalue weighted by Crippen LogP contribution is -2.13. The van der Waals surface area contributed by atoms with E-state index in [9.17, 15) is 13.2 Å². The van der Waals surface area contributed by atoms with Crippen molar-refractivity contribution in [1.29, 1.82) is 0 Å². The van der Waals surface area contributed by atoms with E-state index in [4.69, 9.17) is 13.6 Å². The second-order valence-corrected chi connectivity index (χ2v) is 8.40. The van der Waals surface area contributed by atoms with Crippen LogP contribution in [0.15, 0.2) is 62.3 Å². The van der Waals surface area contributed by atoms with Crippen LogP contribution in [0, 0.1) is 0 Å². The highest BCUT2D eigenvalue weighted by atomic mass is 32.2. The highest BCUT2D eigenvalue weighted by Crippen LogP contribution is 2.33. The molecule has 0 radical (unpaired) electrons.